The molecule has 0 amide bonds. The largest absolute Gasteiger partial charge is 0.467 e. The summed E-state index contributed by atoms with van der Waals surface area (Å²) in [5, 5.41) is 4.27. The van der Waals surface area contributed by atoms with Gasteiger partial charge in [-0.3, -0.25) is 4.79 Å². The van der Waals surface area contributed by atoms with E-state index < -0.39 is 12.0 Å². The van der Waals surface area contributed by atoms with Gasteiger partial charge in [0.05, 0.1) is 19.0 Å². The number of rotatable bonds is 6. The van der Waals surface area contributed by atoms with Crippen LogP contribution in [0.25, 0.3) is 0 Å². The van der Waals surface area contributed by atoms with E-state index in [0.717, 1.165) is 51.1 Å². The Bertz CT molecular complexity index is 602. The summed E-state index contributed by atoms with van der Waals surface area (Å²) in [5.74, 6) is -0.415. The first-order valence-electron chi connectivity index (χ1n) is 8.67. The zero-order valence-electron chi connectivity index (χ0n) is 14.9. The molecule has 134 valence electrons. The second kappa shape index (κ2) is 8.82. The fraction of sp³-hybridized carbons (Fsp3) is 0.706. The highest BCUT2D eigenvalue weighted by Gasteiger charge is 2.23. The summed E-state index contributed by atoms with van der Waals surface area (Å²) in [6.07, 6.45) is 5.09. The number of hydrogen-bond donors (Lipinski definition) is 0. The highest BCUT2D eigenvalue weighted by atomic mass is 16.5. The molecule has 1 saturated heterocycles. The molecule has 1 aliphatic rings. The number of unbranched alkanes of at least 4 members (excludes halogenated alkanes) is 1. The molecule has 1 fully saturated rings. The number of hydrogen-bond acceptors (Lipinski definition) is 6. The zero-order valence-corrected chi connectivity index (χ0v) is 14.9. The van der Waals surface area contributed by atoms with E-state index in [0.29, 0.717) is 6.42 Å². The zero-order chi connectivity index (χ0) is 17.5. The summed E-state index contributed by atoms with van der Waals surface area (Å²) in [4.78, 5) is 29.0. The number of methoxy groups -OCH3 is 1. The van der Waals surface area contributed by atoms with Crippen molar-refractivity contribution >= 4 is 11.7 Å². The number of esters is 1. The average molecular weight is 336 g/mol. The lowest BCUT2D eigenvalue weighted by molar-refractivity contribution is -0.145. The normalized spacial score (nSPS) is 17.4. The minimum absolute atomic E-state index is 0.253. The first-order valence-corrected chi connectivity index (χ1v) is 8.67. The van der Waals surface area contributed by atoms with Gasteiger partial charge in [-0.1, -0.05) is 19.8 Å². The number of ether oxygens (including phenoxy) is 1. The summed E-state index contributed by atoms with van der Waals surface area (Å²) in [6, 6.07) is 0.937. The lowest BCUT2D eigenvalue weighted by Crippen LogP contribution is -2.35. The highest BCUT2D eigenvalue weighted by Crippen LogP contribution is 2.17. The van der Waals surface area contributed by atoms with Crippen molar-refractivity contribution in [3.8, 4) is 0 Å². The Morgan fingerprint density at radius 2 is 2.12 bits per heavy atom. The number of carbonyl (C=O) groups excluding carboxylic acids is 1. The van der Waals surface area contributed by atoms with Gasteiger partial charge < -0.3 is 14.5 Å². The molecule has 0 aromatic carbocycles. The number of anilines is 1. The predicted octanol–water partition coefficient (Wildman–Crippen LogP) is 1.29. The summed E-state index contributed by atoms with van der Waals surface area (Å²) in [7, 11) is 3.45. The maximum Gasteiger partial charge on any atom is 0.330 e. The van der Waals surface area contributed by atoms with Gasteiger partial charge in [-0.05, 0) is 26.4 Å². The van der Waals surface area contributed by atoms with E-state index in [-0.39, 0.29) is 5.56 Å². The van der Waals surface area contributed by atoms with Crippen LogP contribution in [0.5, 0.6) is 0 Å². The summed E-state index contributed by atoms with van der Waals surface area (Å²) in [5.41, 5.74) is 0.572. The fourth-order valence-corrected chi connectivity index (χ4v) is 2.99. The minimum Gasteiger partial charge on any atom is -0.467 e. The van der Waals surface area contributed by atoms with Gasteiger partial charge in [0.2, 0.25) is 0 Å². The van der Waals surface area contributed by atoms with E-state index in [1.54, 1.807) is 12.3 Å². The van der Waals surface area contributed by atoms with Crippen molar-refractivity contribution in [2.75, 3.05) is 45.2 Å². The molecule has 0 radical (unpaired) electrons. The number of nitrogens with zero attached hydrogens (tertiary/aromatic N) is 4. The van der Waals surface area contributed by atoms with E-state index in [4.69, 9.17) is 4.74 Å². The van der Waals surface area contributed by atoms with E-state index >= 15 is 0 Å². The average Bonchev–Trinajstić information content (AvgIpc) is 2.80. The van der Waals surface area contributed by atoms with Crippen LogP contribution >= 0.6 is 0 Å². The third-order valence-corrected chi connectivity index (χ3v) is 4.50. The number of aromatic nitrogens is 2. The molecule has 1 aliphatic heterocycles. The highest BCUT2D eigenvalue weighted by molar-refractivity contribution is 5.73. The van der Waals surface area contributed by atoms with Crippen LogP contribution in [0.1, 0.15) is 38.6 Å². The Labute approximate surface area is 143 Å². The third-order valence-electron chi connectivity index (χ3n) is 4.50. The maximum absolute atomic E-state index is 12.5. The van der Waals surface area contributed by atoms with Crippen LogP contribution in [-0.2, 0) is 9.53 Å². The van der Waals surface area contributed by atoms with Crippen LogP contribution in [0, 0.1) is 0 Å². The minimum atomic E-state index is -0.647. The van der Waals surface area contributed by atoms with Gasteiger partial charge >= 0.3 is 5.97 Å². The van der Waals surface area contributed by atoms with Crippen molar-refractivity contribution in [2.24, 2.45) is 0 Å². The van der Waals surface area contributed by atoms with Crippen LogP contribution < -0.4 is 10.5 Å². The Balaban J connectivity index is 2.21. The quantitative estimate of drug-likeness (QED) is 0.729. The first-order chi connectivity index (χ1) is 11.6. The topological polar surface area (TPSA) is 67.7 Å². The van der Waals surface area contributed by atoms with Crippen LogP contribution in [0.4, 0.5) is 5.69 Å². The number of likely N-dealkylation sites (N-methyl/N-ethyl adjacent to an activating group) is 1. The number of carbonyl (C=O) groups is 1. The molecular formula is C17H28N4O3. The van der Waals surface area contributed by atoms with Gasteiger partial charge in [0.25, 0.3) is 5.56 Å². The van der Waals surface area contributed by atoms with Gasteiger partial charge in [-0.2, -0.15) is 5.10 Å². The van der Waals surface area contributed by atoms with Crippen molar-refractivity contribution in [3.63, 3.8) is 0 Å². The Morgan fingerprint density at radius 1 is 1.33 bits per heavy atom. The predicted molar refractivity (Wildman–Crippen MR) is 93.4 cm³/mol. The molecule has 0 spiro atoms. The van der Waals surface area contributed by atoms with E-state index in [1.807, 2.05) is 6.92 Å². The molecule has 7 heteroatoms. The first kappa shape index (κ1) is 18.4. The molecular weight excluding hydrogens is 308 g/mol. The molecule has 0 saturated carbocycles. The summed E-state index contributed by atoms with van der Waals surface area (Å²) < 4.78 is 6.10. The van der Waals surface area contributed by atoms with Gasteiger partial charge in [-0.25, -0.2) is 9.48 Å². The van der Waals surface area contributed by atoms with Gasteiger partial charge in [0.15, 0.2) is 6.04 Å². The second-order valence-electron chi connectivity index (χ2n) is 6.32. The van der Waals surface area contributed by atoms with Gasteiger partial charge in [0, 0.05) is 25.7 Å². The molecule has 1 aromatic rings. The van der Waals surface area contributed by atoms with Crippen LogP contribution in [0.15, 0.2) is 17.1 Å². The SMILES string of the molecule is CCCCC(C(=O)OC)n1ncc(N2CCCN(C)CC2)cc1=O. The molecule has 1 aromatic heterocycles. The van der Waals surface area contributed by atoms with E-state index in [1.165, 1.54) is 11.8 Å². The van der Waals surface area contributed by atoms with Crippen molar-refractivity contribution in [2.45, 2.75) is 38.6 Å². The second-order valence-corrected chi connectivity index (χ2v) is 6.32. The van der Waals surface area contributed by atoms with Crippen LogP contribution in [-0.4, -0.2) is 61.0 Å². The Hall–Kier alpha value is -1.89. The molecule has 0 bridgehead atoms. The fourth-order valence-electron chi connectivity index (χ4n) is 2.99. The van der Waals surface area contributed by atoms with Crippen molar-refractivity contribution in [1.29, 1.82) is 0 Å². The Kier molecular flexibility index (Phi) is 6.78. The lowest BCUT2D eigenvalue weighted by atomic mass is 10.1. The molecule has 1 unspecified atom stereocenters. The molecule has 1 atom stereocenters. The monoisotopic (exact) mass is 336 g/mol. The standard InChI is InChI=1S/C17H28N4O3/c1-4-5-7-15(17(23)24-3)21-16(22)12-14(13-18-21)20-9-6-8-19(2)10-11-20/h12-13,15H,4-11H2,1-3H3. The smallest absolute Gasteiger partial charge is 0.330 e. The maximum atomic E-state index is 12.5. The van der Waals surface area contributed by atoms with Gasteiger partial charge in [-0.15, -0.1) is 0 Å². The molecule has 24 heavy (non-hydrogen) atoms. The Morgan fingerprint density at radius 3 is 2.79 bits per heavy atom. The summed E-state index contributed by atoms with van der Waals surface area (Å²) >= 11 is 0. The van der Waals surface area contributed by atoms with Gasteiger partial charge in [0.1, 0.15) is 0 Å². The van der Waals surface area contributed by atoms with Crippen LogP contribution in [0.2, 0.25) is 0 Å². The molecule has 2 rings (SSSR count). The van der Waals surface area contributed by atoms with E-state index in [9.17, 15) is 9.59 Å². The van der Waals surface area contributed by atoms with Crippen molar-refractivity contribution in [3.05, 3.63) is 22.6 Å². The lowest BCUT2D eigenvalue weighted by Gasteiger charge is -2.23. The summed E-state index contributed by atoms with van der Waals surface area (Å²) in [6.45, 7) is 5.85. The van der Waals surface area contributed by atoms with Crippen molar-refractivity contribution < 1.29 is 9.53 Å². The van der Waals surface area contributed by atoms with E-state index in [2.05, 4.69) is 21.9 Å². The van der Waals surface area contributed by atoms with Crippen LogP contribution in [0.3, 0.4) is 0 Å². The van der Waals surface area contributed by atoms with Crippen molar-refractivity contribution in [1.82, 2.24) is 14.7 Å². The third kappa shape index (κ3) is 4.56. The molecule has 7 nitrogen and oxygen atoms in total. The molecule has 2 heterocycles. The molecule has 0 N–H and O–H groups in total. The molecule has 0 aliphatic carbocycles.